The number of ether oxygens (including phenoxy) is 1. The van der Waals surface area contributed by atoms with Crippen LogP contribution in [0.3, 0.4) is 0 Å². The molecule has 162 valence electrons. The molecule has 14 heteroatoms. The van der Waals surface area contributed by atoms with Crippen LogP contribution < -0.4 is 5.32 Å². The molecule has 3 N–H and O–H groups in total. The molecule has 0 amide bonds. The molecule has 0 aliphatic carbocycles. The highest BCUT2D eigenvalue weighted by atomic mass is 19.4. The number of carbonyl (C=O) groups is 2. The number of anilines is 1. The number of nitrogens with zero attached hydrogens (tertiary/aromatic N) is 5. The third-order valence-electron chi connectivity index (χ3n) is 3.57. The highest BCUT2D eigenvalue weighted by Gasteiger charge is 2.38. The topological polar surface area (TPSA) is 144 Å². The molecule has 0 fully saturated rings. The van der Waals surface area contributed by atoms with Gasteiger partial charge in [0.1, 0.15) is 5.82 Å². The number of aromatic carboxylic acids is 1. The first-order chi connectivity index (χ1) is 14.0. The first-order valence-electron chi connectivity index (χ1n) is 8.15. The van der Waals surface area contributed by atoms with Crippen molar-refractivity contribution in [2.75, 3.05) is 19.0 Å². The minimum absolute atomic E-state index is 0.0460. The lowest BCUT2D eigenvalue weighted by molar-refractivity contribution is -0.192. The van der Waals surface area contributed by atoms with Gasteiger partial charge >= 0.3 is 18.1 Å². The summed E-state index contributed by atoms with van der Waals surface area (Å²) >= 11 is 0. The second kappa shape index (κ2) is 9.21. The Labute approximate surface area is 166 Å². The van der Waals surface area contributed by atoms with Crippen molar-refractivity contribution in [3.63, 3.8) is 0 Å². The Bertz CT molecular complexity index is 1030. The van der Waals surface area contributed by atoms with Crippen molar-refractivity contribution in [3.8, 4) is 0 Å². The van der Waals surface area contributed by atoms with Crippen molar-refractivity contribution in [1.29, 1.82) is 0 Å². The van der Waals surface area contributed by atoms with Crippen LogP contribution >= 0.6 is 0 Å². The smallest absolute Gasteiger partial charge is 0.476 e. The molecule has 0 aliphatic rings. The van der Waals surface area contributed by atoms with E-state index in [0.29, 0.717) is 18.1 Å². The first kappa shape index (κ1) is 22.6. The number of carboxylic acids is 2. The van der Waals surface area contributed by atoms with Gasteiger partial charge in [-0.15, -0.1) is 0 Å². The molecule has 11 nitrogen and oxygen atoms in total. The lowest BCUT2D eigenvalue weighted by Gasteiger charge is -2.17. The van der Waals surface area contributed by atoms with E-state index in [2.05, 4.69) is 20.5 Å². The lowest BCUT2D eigenvalue weighted by atomic mass is 10.2. The summed E-state index contributed by atoms with van der Waals surface area (Å²) in [7, 11) is 3.47. The second-order valence-electron chi connectivity index (χ2n) is 5.85. The van der Waals surface area contributed by atoms with Gasteiger partial charge in [0.2, 0.25) is 0 Å². The Morgan fingerprint density at radius 1 is 1.33 bits per heavy atom. The van der Waals surface area contributed by atoms with Crippen LogP contribution in [0, 0.1) is 0 Å². The molecule has 30 heavy (non-hydrogen) atoms. The molecular formula is C16H17F3N6O5. The van der Waals surface area contributed by atoms with E-state index in [1.165, 1.54) is 10.6 Å². The quantitative estimate of drug-likeness (QED) is 0.531. The van der Waals surface area contributed by atoms with E-state index in [1.807, 2.05) is 13.2 Å². The third kappa shape index (κ3) is 5.91. The molecule has 0 bridgehead atoms. The Kier molecular flexibility index (Phi) is 6.94. The van der Waals surface area contributed by atoms with Gasteiger partial charge in [0.25, 0.3) is 0 Å². The summed E-state index contributed by atoms with van der Waals surface area (Å²) in [5.41, 5.74) is 1.38. The van der Waals surface area contributed by atoms with Crippen LogP contribution in [-0.2, 0) is 16.6 Å². The van der Waals surface area contributed by atoms with Crippen LogP contribution in [0.2, 0.25) is 0 Å². The lowest BCUT2D eigenvalue weighted by Crippen LogP contribution is -2.21. The van der Waals surface area contributed by atoms with E-state index in [-0.39, 0.29) is 11.7 Å². The van der Waals surface area contributed by atoms with Gasteiger partial charge < -0.3 is 20.3 Å². The number of carboxylic acid groups (broad SMARTS) is 2. The number of hydrogen-bond donors (Lipinski definition) is 3. The molecule has 0 saturated heterocycles. The van der Waals surface area contributed by atoms with Gasteiger partial charge in [-0.1, -0.05) is 0 Å². The molecule has 0 aromatic carbocycles. The minimum Gasteiger partial charge on any atom is -0.476 e. The normalized spacial score (nSPS) is 12.2. The summed E-state index contributed by atoms with van der Waals surface area (Å²) in [5, 5.41) is 27.4. The van der Waals surface area contributed by atoms with Crippen molar-refractivity contribution >= 4 is 23.4 Å². The van der Waals surface area contributed by atoms with Crippen molar-refractivity contribution < 1.29 is 37.7 Å². The zero-order valence-electron chi connectivity index (χ0n) is 15.7. The monoisotopic (exact) mass is 430 g/mol. The molecule has 3 heterocycles. The summed E-state index contributed by atoms with van der Waals surface area (Å²) < 4.78 is 40.1. The Hall–Kier alpha value is -3.68. The third-order valence-corrected chi connectivity index (χ3v) is 3.57. The van der Waals surface area contributed by atoms with E-state index >= 15 is 0 Å². The average molecular weight is 430 g/mol. The number of rotatable bonds is 6. The number of aliphatic carboxylic acids is 1. The Balaban J connectivity index is 0.000000396. The average Bonchev–Trinajstić information content (AvgIpc) is 3.27. The molecule has 3 rings (SSSR count). The van der Waals surface area contributed by atoms with E-state index in [1.54, 1.807) is 30.3 Å². The SMILES string of the molecule is COCC(Nc1ccn2nc(C(=O)O)cc2n1)c1cnn(C)c1.O=C(O)C(F)(F)F. The van der Waals surface area contributed by atoms with E-state index in [4.69, 9.17) is 19.7 Å². The van der Waals surface area contributed by atoms with Gasteiger partial charge in [0, 0.05) is 38.2 Å². The Morgan fingerprint density at radius 3 is 2.50 bits per heavy atom. The van der Waals surface area contributed by atoms with Crippen LogP contribution in [-0.4, -0.2) is 66.4 Å². The van der Waals surface area contributed by atoms with Gasteiger partial charge in [0.05, 0.1) is 18.8 Å². The summed E-state index contributed by atoms with van der Waals surface area (Å²) in [6.07, 6.45) is 0.233. The first-order valence-corrected chi connectivity index (χ1v) is 8.15. The van der Waals surface area contributed by atoms with Crippen LogP contribution in [0.4, 0.5) is 19.0 Å². The maximum atomic E-state index is 11.0. The van der Waals surface area contributed by atoms with Crippen molar-refractivity contribution in [3.05, 3.63) is 42.0 Å². The number of methoxy groups -OCH3 is 1. The van der Waals surface area contributed by atoms with E-state index in [0.717, 1.165) is 5.56 Å². The number of nitrogens with one attached hydrogen (secondary N) is 1. The molecule has 0 aliphatic heterocycles. The van der Waals surface area contributed by atoms with Crippen LogP contribution in [0.5, 0.6) is 0 Å². The minimum atomic E-state index is -5.08. The maximum absolute atomic E-state index is 11.0. The molecule has 3 aromatic heterocycles. The molecule has 0 saturated carbocycles. The predicted molar refractivity (Wildman–Crippen MR) is 95.1 cm³/mol. The second-order valence-corrected chi connectivity index (χ2v) is 5.85. The van der Waals surface area contributed by atoms with Gasteiger partial charge in [-0.3, -0.25) is 4.68 Å². The molecule has 0 spiro atoms. The fourth-order valence-corrected chi connectivity index (χ4v) is 2.25. The van der Waals surface area contributed by atoms with E-state index < -0.39 is 18.1 Å². The summed E-state index contributed by atoms with van der Waals surface area (Å²) in [6, 6.07) is 3.03. The molecule has 1 atom stereocenters. The summed E-state index contributed by atoms with van der Waals surface area (Å²) in [5.74, 6) is -3.25. The van der Waals surface area contributed by atoms with E-state index in [9.17, 15) is 18.0 Å². The fraction of sp³-hybridized carbons (Fsp3) is 0.312. The number of aryl methyl sites for hydroxylation is 1. The number of halogens is 3. The number of fused-ring (bicyclic) bond motifs is 1. The molecule has 1 unspecified atom stereocenters. The van der Waals surface area contributed by atoms with Crippen LogP contribution in [0.15, 0.2) is 30.7 Å². The summed E-state index contributed by atoms with van der Waals surface area (Å²) in [4.78, 5) is 24.2. The zero-order chi connectivity index (χ0) is 22.5. The Morgan fingerprint density at radius 2 is 2.00 bits per heavy atom. The van der Waals surface area contributed by atoms with Crippen molar-refractivity contribution in [2.45, 2.75) is 12.2 Å². The van der Waals surface area contributed by atoms with Gasteiger partial charge in [-0.05, 0) is 6.07 Å². The predicted octanol–water partition coefficient (Wildman–Crippen LogP) is 1.59. The van der Waals surface area contributed by atoms with Gasteiger partial charge in [-0.2, -0.15) is 23.4 Å². The number of hydrogen-bond acceptors (Lipinski definition) is 7. The van der Waals surface area contributed by atoms with Gasteiger partial charge in [-0.25, -0.2) is 19.1 Å². The van der Waals surface area contributed by atoms with Gasteiger partial charge in [0.15, 0.2) is 11.3 Å². The molecule has 0 radical (unpaired) electrons. The number of alkyl halides is 3. The molecule has 3 aromatic rings. The van der Waals surface area contributed by atoms with Crippen LogP contribution in [0.25, 0.3) is 5.65 Å². The van der Waals surface area contributed by atoms with Crippen molar-refractivity contribution in [1.82, 2.24) is 24.4 Å². The summed E-state index contributed by atoms with van der Waals surface area (Å²) in [6.45, 7) is 0.443. The fourth-order valence-electron chi connectivity index (χ4n) is 2.25. The zero-order valence-corrected chi connectivity index (χ0v) is 15.7. The molecular weight excluding hydrogens is 413 g/mol. The van der Waals surface area contributed by atoms with Crippen LogP contribution in [0.1, 0.15) is 22.1 Å². The van der Waals surface area contributed by atoms with Crippen molar-refractivity contribution in [2.24, 2.45) is 7.05 Å². The maximum Gasteiger partial charge on any atom is 0.490 e. The number of aromatic nitrogens is 5. The highest BCUT2D eigenvalue weighted by molar-refractivity contribution is 5.86. The largest absolute Gasteiger partial charge is 0.490 e. The standard InChI is InChI=1S/C14H16N6O3.C2HF3O2/c1-19-7-9(6-15-19)11(8-23-2)16-12-3-4-20-13(17-12)5-10(18-20)14(21)22;3-2(4,5)1(6)7/h3-7,11H,8H2,1-2H3,(H,16,17)(H,21,22);(H,6,7). The highest BCUT2D eigenvalue weighted by Crippen LogP contribution is 2.19.